The predicted molar refractivity (Wildman–Crippen MR) is 91.7 cm³/mol. The highest BCUT2D eigenvalue weighted by Crippen LogP contribution is 2.33. The number of nitrogens with zero attached hydrogens (tertiary/aromatic N) is 2. The number of benzene rings is 1. The molecule has 2 fully saturated rings. The van der Waals surface area contributed by atoms with Crippen molar-refractivity contribution in [2.75, 3.05) is 5.32 Å². The largest absolute Gasteiger partial charge is 0.324 e. The van der Waals surface area contributed by atoms with Gasteiger partial charge < -0.3 is 5.32 Å². The first-order valence-corrected chi connectivity index (χ1v) is 7.98. The SMILES string of the molecule is Cc1ccccc1NC(=O)C1CC(=O)N2C(=S)NC(=O)C(C)(C)N12. The monoisotopic (exact) mass is 346 g/mol. The van der Waals surface area contributed by atoms with Crippen molar-refractivity contribution >= 4 is 40.7 Å². The summed E-state index contributed by atoms with van der Waals surface area (Å²) in [5.74, 6) is -0.990. The van der Waals surface area contributed by atoms with Crippen molar-refractivity contribution in [3.63, 3.8) is 0 Å². The van der Waals surface area contributed by atoms with Gasteiger partial charge in [-0.05, 0) is 44.6 Å². The Morgan fingerprint density at radius 2 is 2.00 bits per heavy atom. The molecule has 1 unspecified atom stereocenters. The second-order valence-corrected chi connectivity index (χ2v) is 6.78. The summed E-state index contributed by atoms with van der Waals surface area (Å²) < 4.78 is 0. The summed E-state index contributed by atoms with van der Waals surface area (Å²) in [4.78, 5) is 37.3. The van der Waals surface area contributed by atoms with Crippen LogP contribution in [0.1, 0.15) is 25.8 Å². The van der Waals surface area contributed by atoms with E-state index in [0.717, 1.165) is 5.56 Å². The molecule has 0 aromatic heterocycles. The normalized spacial score (nSPS) is 23.0. The maximum atomic E-state index is 12.8. The molecular formula is C16H18N4O3S. The number of hydrogen-bond donors (Lipinski definition) is 2. The minimum atomic E-state index is -1.07. The highest BCUT2D eigenvalue weighted by Gasteiger charge is 2.56. The lowest BCUT2D eigenvalue weighted by Gasteiger charge is -2.45. The van der Waals surface area contributed by atoms with Crippen LogP contribution < -0.4 is 10.6 Å². The zero-order chi connectivity index (χ0) is 17.6. The minimum absolute atomic E-state index is 0.00974. The molecule has 3 rings (SSSR count). The number of aryl methyl sites for hydroxylation is 1. The molecule has 0 radical (unpaired) electrons. The number of hydrazine groups is 1. The van der Waals surface area contributed by atoms with Crippen molar-refractivity contribution in [1.29, 1.82) is 0 Å². The Morgan fingerprint density at radius 3 is 2.67 bits per heavy atom. The van der Waals surface area contributed by atoms with Crippen LogP contribution in [0.4, 0.5) is 5.69 Å². The van der Waals surface area contributed by atoms with Crippen molar-refractivity contribution in [1.82, 2.24) is 15.3 Å². The van der Waals surface area contributed by atoms with E-state index in [-0.39, 0.29) is 29.3 Å². The van der Waals surface area contributed by atoms with Crippen molar-refractivity contribution < 1.29 is 14.4 Å². The highest BCUT2D eigenvalue weighted by molar-refractivity contribution is 7.80. The van der Waals surface area contributed by atoms with Gasteiger partial charge in [-0.2, -0.15) is 5.01 Å². The molecule has 0 bridgehead atoms. The number of para-hydroxylation sites is 1. The lowest BCUT2D eigenvalue weighted by molar-refractivity contribution is -0.154. The third kappa shape index (κ3) is 2.47. The summed E-state index contributed by atoms with van der Waals surface area (Å²) in [6.07, 6.45) is -0.0315. The Balaban J connectivity index is 1.92. The van der Waals surface area contributed by atoms with Gasteiger partial charge in [0.05, 0.1) is 6.42 Å². The van der Waals surface area contributed by atoms with Gasteiger partial charge in [0.1, 0.15) is 11.6 Å². The highest BCUT2D eigenvalue weighted by atomic mass is 32.1. The van der Waals surface area contributed by atoms with Crippen LogP contribution in [0, 0.1) is 6.92 Å². The quantitative estimate of drug-likeness (QED) is 0.779. The van der Waals surface area contributed by atoms with Gasteiger partial charge in [-0.15, -0.1) is 0 Å². The maximum absolute atomic E-state index is 12.8. The molecule has 126 valence electrons. The van der Waals surface area contributed by atoms with Crippen molar-refractivity contribution in [2.24, 2.45) is 0 Å². The molecule has 2 saturated heterocycles. The van der Waals surface area contributed by atoms with Crippen LogP contribution in [0.3, 0.4) is 0 Å². The number of hydrogen-bond acceptors (Lipinski definition) is 5. The number of carbonyl (C=O) groups excluding carboxylic acids is 3. The van der Waals surface area contributed by atoms with Crippen LogP contribution in [0.25, 0.3) is 0 Å². The molecule has 8 heteroatoms. The van der Waals surface area contributed by atoms with E-state index < -0.39 is 11.6 Å². The zero-order valence-corrected chi connectivity index (χ0v) is 14.4. The second kappa shape index (κ2) is 5.64. The Morgan fingerprint density at radius 1 is 1.33 bits per heavy atom. The average Bonchev–Trinajstić information content (AvgIpc) is 2.87. The molecule has 1 atom stereocenters. The first kappa shape index (κ1) is 16.5. The van der Waals surface area contributed by atoms with Gasteiger partial charge in [0.2, 0.25) is 17.7 Å². The number of nitrogens with one attached hydrogen (secondary N) is 2. The molecule has 2 N–H and O–H groups in total. The van der Waals surface area contributed by atoms with Gasteiger partial charge in [-0.25, -0.2) is 5.01 Å². The summed E-state index contributed by atoms with van der Waals surface area (Å²) in [5.41, 5.74) is 0.524. The van der Waals surface area contributed by atoms with Crippen molar-refractivity contribution in [2.45, 2.75) is 38.8 Å². The number of carbonyl (C=O) groups is 3. The van der Waals surface area contributed by atoms with E-state index in [0.29, 0.717) is 5.69 Å². The predicted octanol–water partition coefficient (Wildman–Crippen LogP) is 0.945. The molecule has 0 saturated carbocycles. The van der Waals surface area contributed by atoms with Crippen LogP contribution in [-0.4, -0.2) is 44.4 Å². The average molecular weight is 346 g/mol. The summed E-state index contributed by atoms with van der Waals surface area (Å²) >= 11 is 5.09. The molecule has 1 aromatic rings. The number of rotatable bonds is 2. The summed E-state index contributed by atoms with van der Waals surface area (Å²) in [6.45, 7) is 5.20. The summed E-state index contributed by atoms with van der Waals surface area (Å²) in [6, 6.07) is 6.58. The zero-order valence-electron chi connectivity index (χ0n) is 13.6. The number of thiocarbonyl (C=S) groups is 1. The van der Waals surface area contributed by atoms with Gasteiger partial charge in [-0.3, -0.25) is 19.7 Å². The molecule has 0 aliphatic carbocycles. The van der Waals surface area contributed by atoms with E-state index in [1.54, 1.807) is 19.9 Å². The standard InChI is InChI=1S/C16H18N4O3S/c1-9-6-4-5-7-10(9)17-13(22)11-8-12(21)19-15(24)18-14(23)16(2,3)20(11)19/h4-7,11H,8H2,1-3H3,(H,17,22)(H,18,23,24). The van der Waals surface area contributed by atoms with Gasteiger partial charge in [0, 0.05) is 5.69 Å². The second-order valence-electron chi connectivity index (χ2n) is 6.39. The van der Waals surface area contributed by atoms with E-state index in [2.05, 4.69) is 10.6 Å². The number of anilines is 1. The molecule has 3 amide bonds. The third-order valence-corrected chi connectivity index (χ3v) is 4.64. The third-order valence-electron chi connectivity index (χ3n) is 4.36. The van der Waals surface area contributed by atoms with E-state index in [1.807, 2.05) is 25.1 Å². The van der Waals surface area contributed by atoms with Crippen LogP contribution in [-0.2, 0) is 14.4 Å². The van der Waals surface area contributed by atoms with Crippen molar-refractivity contribution in [3.8, 4) is 0 Å². The fourth-order valence-electron chi connectivity index (χ4n) is 2.99. The van der Waals surface area contributed by atoms with Crippen LogP contribution in [0.5, 0.6) is 0 Å². The lowest BCUT2D eigenvalue weighted by Crippen LogP contribution is -2.71. The van der Waals surface area contributed by atoms with Crippen molar-refractivity contribution in [3.05, 3.63) is 29.8 Å². The van der Waals surface area contributed by atoms with Gasteiger partial charge in [0.15, 0.2) is 5.11 Å². The molecule has 2 heterocycles. The lowest BCUT2D eigenvalue weighted by atomic mass is 10.00. The van der Waals surface area contributed by atoms with Crippen LogP contribution in [0.2, 0.25) is 0 Å². The molecular weight excluding hydrogens is 328 g/mol. The first-order valence-electron chi connectivity index (χ1n) is 7.57. The molecule has 0 spiro atoms. The van der Waals surface area contributed by atoms with E-state index in [9.17, 15) is 14.4 Å². The molecule has 1 aromatic carbocycles. The minimum Gasteiger partial charge on any atom is -0.324 e. The van der Waals surface area contributed by atoms with Gasteiger partial charge in [-0.1, -0.05) is 18.2 Å². The Bertz CT molecular complexity index is 761. The molecule has 2 aliphatic rings. The fraction of sp³-hybridized carbons (Fsp3) is 0.375. The maximum Gasteiger partial charge on any atom is 0.248 e. The van der Waals surface area contributed by atoms with Gasteiger partial charge in [0.25, 0.3) is 0 Å². The number of amides is 3. The van der Waals surface area contributed by atoms with Crippen LogP contribution in [0.15, 0.2) is 24.3 Å². The van der Waals surface area contributed by atoms with E-state index >= 15 is 0 Å². The Hall–Kier alpha value is -2.32. The topological polar surface area (TPSA) is 81.8 Å². The first-order chi connectivity index (χ1) is 11.2. The summed E-state index contributed by atoms with van der Waals surface area (Å²) in [7, 11) is 0. The van der Waals surface area contributed by atoms with Crippen LogP contribution >= 0.6 is 12.2 Å². The number of fused-ring (bicyclic) bond motifs is 1. The smallest absolute Gasteiger partial charge is 0.248 e. The van der Waals surface area contributed by atoms with Gasteiger partial charge >= 0.3 is 0 Å². The molecule has 24 heavy (non-hydrogen) atoms. The Labute approximate surface area is 145 Å². The molecule has 7 nitrogen and oxygen atoms in total. The van der Waals surface area contributed by atoms with E-state index in [4.69, 9.17) is 12.2 Å². The fourth-order valence-corrected chi connectivity index (χ4v) is 3.27. The van der Waals surface area contributed by atoms with E-state index in [1.165, 1.54) is 10.0 Å². The molecule has 2 aliphatic heterocycles. The summed E-state index contributed by atoms with van der Waals surface area (Å²) in [5, 5.41) is 8.06. The Kier molecular flexibility index (Phi) is 3.89.